The number of hydrogen-bond donors (Lipinski definition) is 0. The van der Waals surface area contributed by atoms with Crippen LogP contribution in [0.2, 0.25) is 5.02 Å². The van der Waals surface area contributed by atoms with E-state index in [1.165, 1.54) is 15.4 Å². The minimum atomic E-state index is -3.70. The van der Waals surface area contributed by atoms with Gasteiger partial charge < -0.3 is 4.90 Å². The van der Waals surface area contributed by atoms with Crippen LogP contribution in [-0.4, -0.2) is 69.9 Å². The SMILES string of the molecule is O=C(c1ncc(-c2ccccn2)nn1)N1CCN(S(=O)(=O)c2ccc3cc(Cl)ccc3c2)CC1. The highest BCUT2D eigenvalue weighted by atomic mass is 35.5. The number of pyridine rings is 1. The molecule has 9 nitrogen and oxygen atoms in total. The summed E-state index contributed by atoms with van der Waals surface area (Å²) in [5, 5.41) is 10.2. The van der Waals surface area contributed by atoms with Gasteiger partial charge in [-0.1, -0.05) is 29.8 Å². The first-order valence-corrected chi connectivity index (χ1v) is 12.3. The average molecular weight is 495 g/mol. The van der Waals surface area contributed by atoms with Gasteiger partial charge in [0.05, 0.1) is 16.8 Å². The molecular formula is C23H19ClN6O3S. The van der Waals surface area contributed by atoms with Gasteiger partial charge in [-0.05, 0) is 47.2 Å². The summed E-state index contributed by atoms with van der Waals surface area (Å²) in [6, 6.07) is 15.7. The normalized spacial score (nSPS) is 14.9. The number of nitrogens with zero attached hydrogens (tertiary/aromatic N) is 6. The van der Waals surface area contributed by atoms with E-state index in [0.29, 0.717) is 16.4 Å². The standard InChI is InChI=1S/C23H19ClN6O3S/c24-18-6-4-17-14-19(7-5-16(17)13-18)34(32,33)30-11-9-29(10-12-30)23(31)22-26-15-21(27-28-22)20-3-1-2-8-25-20/h1-8,13-15H,9-12H2. The number of sulfonamides is 1. The molecule has 0 atom stereocenters. The molecule has 0 bridgehead atoms. The Balaban J connectivity index is 1.27. The Hall–Kier alpha value is -3.47. The van der Waals surface area contributed by atoms with E-state index >= 15 is 0 Å². The van der Waals surface area contributed by atoms with Gasteiger partial charge in [-0.25, -0.2) is 13.4 Å². The van der Waals surface area contributed by atoms with Gasteiger partial charge in [0.1, 0.15) is 5.69 Å². The second-order valence-electron chi connectivity index (χ2n) is 7.73. The second-order valence-corrected chi connectivity index (χ2v) is 10.1. The Morgan fingerprint density at radius 3 is 2.32 bits per heavy atom. The molecule has 1 aliphatic heterocycles. The lowest BCUT2D eigenvalue weighted by atomic mass is 10.1. The zero-order valence-corrected chi connectivity index (χ0v) is 19.4. The predicted molar refractivity (Wildman–Crippen MR) is 127 cm³/mol. The van der Waals surface area contributed by atoms with Crippen LogP contribution in [0, 0.1) is 0 Å². The molecule has 1 amide bonds. The van der Waals surface area contributed by atoms with Crippen molar-refractivity contribution >= 4 is 38.3 Å². The van der Waals surface area contributed by atoms with Crippen molar-refractivity contribution in [3.63, 3.8) is 0 Å². The molecule has 1 fully saturated rings. The van der Waals surface area contributed by atoms with Crippen LogP contribution in [0.3, 0.4) is 0 Å². The van der Waals surface area contributed by atoms with Gasteiger partial charge in [0.15, 0.2) is 0 Å². The van der Waals surface area contributed by atoms with Gasteiger partial charge in [-0.15, -0.1) is 10.2 Å². The van der Waals surface area contributed by atoms with E-state index in [9.17, 15) is 13.2 Å². The monoisotopic (exact) mass is 494 g/mol. The lowest BCUT2D eigenvalue weighted by Gasteiger charge is -2.33. The van der Waals surface area contributed by atoms with Crippen molar-refractivity contribution in [2.75, 3.05) is 26.2 Å². The van der Waals surface area contributed by atoms with Gasteiger partial charge in [-0.2, -0.15) is 4.31 Å². The molecule has 0 unspecified atom stereocenters. The third-order valence-corrected chi connectivity index (χ3v) is 7.75. The van der Waals surface area contributed by atoms with Crippen molar-refractivity contribution in [2.24, 2.45) is 0 Å². The number of carbonyl (C=O) groups excluding carboxylic acids is 1. The lowest BCUT2D eigenvalue weighted by Crippen LogP contribution is -2.50. The number of halogens is 1. The maximum Gasteiger partial charge on any atom is 0.293 e. The summed E-state index contributed by atoms with van der Waals surface area (Å²) in [6.45, 7) is 0.803. The number of fused-ring (bicyclic) bond motifs is 1. The summed E-state index contributed by atoms with van der Waals surface area (Å²) in [5.41, 5.74) is 1.07. The maximum atomic E-state index is 13.2. The molecule has 4 aromatic rings. The molecule has 3 heterocycles. The van der Waals surface area contributed by atoms with E-state index < -0.39 is 10.0 Å². The van der Waals surface area contributed by atoms with E-state index in [2.05, 4.69) is 20.2 Å². The van der Waals surface area contributed by atoms with E-state index in [-0.39, 0.29) is 42.8 Å². The molecule has 2 aromatic heterocycles. The minimum Gasteiger partial charge on any atom is -0.333 e. The third kappa shape index (κ3) is 4.35. The highest BCUT2D eigenvalue weighted by Gasteiger charge is 2.31. The smallest absolute Gasteiger partial charge is 0.293 e. The zero-order valence-electron chi connectivity index (χ0n) is 17.9. The highest BCUT2D eigenvalue weighted by Crippen LogP contribution is 2.25. The molecule has 172 valence electrons. The Morgan fingerprint density at radius 2 is 1.62 bits per heavy atom. The van der Waals surface area contributed by atoms with Crippen molar-refractivity contribution in [1.82, 2.24) is 29.4 Å². The lowest BCUT2D eigenvalue weighted by molar-refractivity contribution is 0.0684. The average Bonchev–Trinajstić information content (AvgIpc) is 2.88. The first-order chi connectivity index (χ1) is 16.4. The number of amides is 1. The molecule has 0 saturated carbocycles. The van der Waals surface area contributed by atoms with Crippen LogP contribution in [0.1, 0.15) is 10.6 Å². The van der Waals surface area contributed by atoms with Crippen molar-refractivity contribution in [2.45, 2.75) is 4.90 Å². The largest absolute Gasteiger partial charge is 0.333 e. The van der Waals surface area contributed by atoms with Crippen LogP contribution in [0.4, 0.5) is 0 Å². The number of piperazine rings is 1. The molecule has 0 spiro atoms. The third-order valence-electron chi connectivity index (χ3n) is 5.62. The first-order valence-electron chi connectivity index (χ1n) is 10.5. The molecule has 2 aromatic carbocycles. The summed E-state index contributed by atoms with van der Waals surface area (Å²) in [5.74, 6) is -0.427. The summed E-state index contributed by atoms with van der Waals surface area (Å²) in [4.78, 5) is 22.9. The Labute approximate surface area is 201 Å². The van der Waals surface area contributed by atoms with E-state index in [4.69, 9.17) is 11.6 Å². The van der Waals surface area contributed by atoms with E-state index in [1.54, 1.807) is 54.7 Å². The number of aromatic nitrogens is 4. The topological polar surface area (TPSA) is 109 Å². The van der Waals surface area contributed by atoms with Crippen LogP contribution in [0.5, 0.6) is 0 Å². The fraction of sp³-hybridized carbons (Fsp3) is 0.174. The summed E-state index contributed by atoms with van der Waals surface area (Å²) < 4.78 is 27.7. The second kappa shape index (κ2) is 9.05. The van der Waals surface area contributed by atoms with Gasteiger partial charge >= 0.3 is 0 Å². The summed E-state index contributed by atoms with van der Waals surface area (Å²) in [6.07, 6.45) is 3.09. The van der Waals surface area contributed by atoms with Crippen molar-refractivity contribution in [1.29, 1.82) is 0 Å². The zero-order chi connectivity index (χ0) is 23.7. The van der Waals surface area contributed by atoms with Gasteiger partial charge in [0, 0.05) is 37.4 Å². The summed E-state index contributed by atoms with van der Waals surface area (Å²) >= 11 is 6.02. The van der Waals surface area contributed by atoms with E-state index in [0.717, 1.165) is 10.8 Å². The molecule has 1 saturated heterocycles. The molecule has 5 rings (SSSR count). The van der Waals surface area contributed by atoms with Crippen LogP contribution in [0.15, 0.2) is 71.9 Å². The quantitative estimate of drug-likeness (QED) is 0.429. The van der Waals surface area contributed by atoms with Gasteiger partial charge in [-0.3, -0.25) is 9.78 Å². The Bertz CT molecular complexity index is 1460. The van der Waals surface area contributed by atoms with Crippen LogP contribution < -0.4 is 0 Å². The maximum absolute atomic E-state index is 13.2. The van der Waals surface area contributed by atoms with Gasteiger partial charge in [0.2, 0.25) is 15.8 Å². The van der Waals surface area contributed by atoms with Crippen molar-refractivity contribution in [3.05, 3.63) is 77.8 Å². The molecule has 11 heteroatoms. The Morgan fingerprint density at radius 1 is 0.853 bits per heavy atom. The number of rotatable bonds is 4. The molecule has 0 N–H and O–H groups in total. The number of carbonyl (C=O) groups is 1. The minimum absolute atomic E-state index is 0.0378. The molecule has 0 aliphatic carbocycles. The van der Waals surface area contributed by atoms with E-state index in [1.807, 2.05) is 6.07 Å². The van der Waals surface area contributed by atoms with Crippen LogP contribution >= 0.6 is 11.6 Å². The molecular weight excluding hydrogens is 476 g/mol. The molecule has 1 aliphatic rings. The highest BCUT2D eigenvalue weighted by molar-refractivity contribution is 7.89. The Kier molecular flexibility index (Phi) is 5.94. The molecule has 0 radical (unpaired) electrons. The van der Waals surface area contributed by atoms with Crippen molar-refractivity contribution in [3.8, 4) is 11.4 Å². The van der Waals surface area contributed by atoms with Crippen LogP contribution in [0.25, 0.3) is 22.2 Å². The molecule has 34 heavy (non-hydrogen) atoms. The fourth-order valence-electron chi connectivity index (χ4n) is 3.78. The predicted octanol–water partition coefficient (Wildman–Crippen LogP) is 2.89. The van der Waals surface area contributed by atoms with Crippen molar-refractivity contribution < 1.29 is 13.2 Å². The number of hydrogen-bond acceptors (Lipinski definition) is 7. The van der Waals surface area contributed by atoms with Crippen LogP contribution in [-0.2, 0) is 10.0 Å². The van der Waals surface area contributed by atoms with Gasteiger partial charge in [0.25, 0.3) is 5.91 Å². The first kappa shape index (κ1) is 22.3. The summed E-state index contributed by atoms with van der Waals surface area (Å²) in [7, 11) is -3.70. The number of benzene rings is 2. The fourth-order valence-corrected chi connectivity index (χ4v) is 5.42.